The third-order valence-electron chi connectivity index (χ3n) is 2.85. The molecule has 0 aliphatic rings. The van der Waals surface area contributed by atoms with E-state index in [9.17, 15) is 70.0 Å². The van der Waals surface area contributed by atoms with Crippen LogP contribution in [-0.2, 0) is 10.1 Å². The van der Waals surface area contributed by atoms with Crippen molar-refractivity contribution in [2.24, 2.45) is 0 Å². The van der Waals surface area contributed by atoms with Crippen LogP contribution in [0.1, 0.15) is 0 Å². The Hall–Kier alpha value is -0.403. The first-order chi connectivity index (χ1) is 11.2. The molecule has 0 N–H and O–H groups in total. The standard InChI is InChI=1S/C9H7F13O3S.Li/c10-1(3(12)5(14)15)2(11)4(13)7(17,18)9(21,22)8(19,20)6(16)26(23,24)25;/h1-6H,(H,23,24,25);/q;+1/p-1. The minimum absolute atomic E-state index is 0. The van der Waals surface area contributed by atoms with Gasteiger partial charge in [0.15, 0.2) is 18.5 Å². The van der Waals surface area contributed by atoms with Gasteiger partial charge in [0, 0.05) is 0 Å². The Morgan fingerprint density at radius 2 is 1.04 bits per heavy atom. The first-order valence-electron chi connectivity index (χ1n) is 5.81. The van der Waals surface area contributed by atoms with Crippen LogP contribution in [0, 0.1) is 0 Å². The summed E-state index contributed by atoms with van der Waals surface area (Å²) in [6.45, 7) is 0. The smallest absolute Gasteiger partial charge is 0.746 e. The maximum Gasteiger partial charge on any atom is 1.00 e. The van der Waals surface area contributed by atoms with Gasteiger partial charge in [-0.3, -0.25) is 0 Å². The summed E-state index contributed by atoms with van der Waals surface area (Å²) in [5.41, 5.74) is -5.57. The van der Waals surface area contributed by atoms with E-state index in [4.69, 9.17) is 0 Å². The van der Waals surface area contributed by atoms with Gasteiger partial charge in [-0.25, -0.2) is 39.2 Å². The number of halogens is 13. The fourth-order valence-corrected chi connectivity index (χ4v) is 1.91. The first kappa shape index (κ1) is 28.8. The van der Waals surface area contributed by atoms with Crippen molar-refractivity contribution in [3.8, 4) is 0 Å². The van der Waals surface area contributed by atoms with Crippen molar-refractivity contribution < 1.29 is 88.9 Å². The zero-order chi connectivity index (χ0) is 21.5. The molecule has 0 aromatic rings. The van der Waals surface area contributed by atoms with Crippen LogP contribution in [0.2, 0.25) is 0 Å². The molecule has 5 atom stereocenters. The summed E-state index contributed by atoms with van der Waals surface area (Å²) in [5.74, 6) is -21.8. The Balaban J connectivity index is 0. The van der Waals surface area contributed by atoms with Crippen molar-refractivity contribution >= 4 is 10.1 Å². The SMILES string of the molecule is O=S(=O)([O-])C(F)C(F)(F)C(F)(F)C(F)(F)C(F)C(F)C(F)C(F)C(F)F.[Li+]. The molecule has 0 spiro atoms. The molecular weight excluding hydrogens is 442 g/mol. The molecule has 0 aromatic carbocycles. The van der Waals surface area contributed by atoms with Crippen molar-refractivity contribution in [2.45, 2.75) is 54.4 Å². The molecule has 18 heteroatoms. The monoisotopic (exact) mass is 448 g/mol. The van der Waals surface area contributed by atoms with Gasteiger partial charge in [-0.05, 0) is 0 Å². The van der Waals surface area contributed by atoms with Crippen molar-refractivity contribution in [1.82, 2.24) is 0 Å². The van der Waals surface area contributed by atoms with E-state index in [1.807, 2.05) is 0 Å². The van der Waals surface area contributed by atoms with E-state index < -0.39 is 64.5 Å². The molecule has 158 valence electrons. The quantitative estimate of drug-likeness (QED) is 0.291. The molecule has 0 saturated carbocycles. The molecule has 0 aromatic heterocycles. The van der Waals surface area contributed by atoms with Gasteiger partial charge in [0.05, 0.1) is 0 Å². The predicted octanol–water partition coefficient (Wildman–Crippen LogP) is 0.355. The van der Waals surface area contributed by atoms with Gasteiger partial charge >= 0.3 is 36.6 Å². The molecule has 0 amide bonds. The van der Waals surface area contributed by atoms with Crippen molar-refractivity contribution in [1.29, 1.82) is 0 Å². The van der Waals surface area contributed by atoms with Gasteiger partial charge in [0.1, 0.15) is 10.1 Å². The van der Waals surface area contributed by atoms with E-state index in [2.05, 4.69) is 0 Å². The normalized spacial score (nSPS) is 19.8. The molecule has 0 heterocycles. The molecule has 0 aliphatic heterocycles. The summed E-state index contributed by atoms with van der Waals surface area (Å²) >= 11 is 0. The Bertz CT molecular complexity index is 586. The average molecular weight is 448 g/mol. The molecule has 0 fully saturated rings. The second-order valence-corrected chi connectivity index (χ2v) is 6.10. The zero-order valence-corrected chi connectivity index (χ0v) is 13.3. The molecule has 27 heavy (non-hydrogen) atoms. The summed E-state index contributed by atoms with van der Waals surface area (Å²) in [6.07, 6.45) is -23.7. The van der Waals surface area contributed by atoms with Gasteiger partial charge in [0.25, 0.3) is 11.9 Å². The average Bonchev–Trinajstić information content (AvgIpc) is 2.49. The van der Waals surface area contributed by atoms with Gasteiger partial charge in [-0.1, -0.05) is 0 Å². The molecule has 0 rings (SSSR count). The van der Waals surface area contributed by atoms with Crippen molar-refractivity contribution in [2.75, 3.05) is 0 Å². The van der Waals surface area contributed by atoms with Gasteiger partial charge in [-0.2, -0.15) is 26.3 Å². The molecule has 0 saturated heterocycles. The summed E-state index contributed by atoms with van der Waals surface area (Å²) < 4.78 is 196. The summed E-state index contributed by atoms with van der Waals surface area (Å²) in [5, 5.41) is 0. The van der Waals surface area contributed by atoms with Crippen LogP contribution in [0.3, 0.4) is 0 Å². The molecule has 5 unspecified atom stereocenters. The van der Waals surface area contributed by atoms with E-state index in [0.717, 1.165) is 0 Å². The van der Waals surface area contributed by atoms with Crippen LogP contribution >= 0.6 is 0 Å². The van der Waals surface area contributed by atoms with Crippen LogP contribution in [0.4, 0.5) is 57.1 Å². The number of hydrogen-bond acceptors (Lipinski definition) is 3. The van der Waals surface area contributed by atoms with E-state index >= 15 is 0 Å². The van der Waals surface area contributed by atoms with Crippen LogP contribution in [0.25, 0.3) is 0 Å². The Morgan fingerprint density at radius 1 is 0.667 bits per heavy atom. The minimum Gasteiger partial charge on any atom is -0.746 e. The summed E-state index contributed by atoms with van der Waals surface area (Å²) in [4.78, 5) is 0. The largest absolute Gasteiger partial charge is 1.00 e. The zero-order valence-electron chi connectivity index (χ0n) is 12.5. The maximum absolute atomic E-state index is 13.1. The first-order valence-corrected chi connectivity index (χ1v) is 7.28. The van der Waals surface area contributed by atoms with Crippen LogP contribution in [0.5, 0.6) is 0 Å². The molecule has 0 bridgehead atoms. The molecule has 3 nitrogen and oxygen atoms in total. The van der Waals surface area contributed by atoms with Gasteiger partial charge < -0.3 is 4.55 Å². The molecular formula is C9H6F13LiO3S. The fourth-order valence-electron chi connectivity index (χ4n) is 1.40. The molecule has 0 radical (unpaired) electrons. The Kier molecular flexibility index (Phi) is 9.55. The summed E-state index contributed by atoms with van der Waals surface area (Å²) in [6, 6.07) is 0. The van der Waals surface area contributed by atoms with Crippen molar-refractivity contribution in [3.63, 3.8) is 0 Å². The van der Waals surface area contributed by atoms with E-state index in [1.165, 1.54) is 0 Å². The van der Waals surface area contributed by atoms with Gasteiger partial charge in [-0.15, -0.1) is 0 Å². The third kappa shape index (κ3) is 5.35. The second-order valence-electron chi connectivity index (χ2n) is 4.70. The Labute approximate surface area is 154 Å². The van der Waals surface area contributed by atoms with Crippen LogP contribution in [-0.4, -0.2) is 67.4 Å². The van der Waals surface area contributed by atoms with Crippen molar-refractivity contribution in [3.05, 3.63) is 0 Å². The minimum atomic E-state index is -7.48. The van der Waals surface area contributed by atoms with E-state index in [0.29, 0.717) is 0 Å². The van der Waals surface area contributed by atoms with Gasteiger partial charge in [0.2, 0.25) is 6.17 Å². The predicted molar refractivity (Wildman–Crippen MR) is 55.0 cm³/mol. The third-order valence-corrected chi connectivity index (χ3v) is 3.65. The number of alkyl halides is 13. The topological polar surface area (TPSA) is 57.2 Å². The van der Waals surface area contributed by atoms with Crippen LogP contribution < -0.4 is 18.9 Å². The Morgan fingerprint density at radius 3 is 1.33 bits per heavy atom. The maximum atomic E-state index is 13.1. The molecule has 0 aliphatic carbocycles. The second kappa shape index (κ2) is 8.95. The number of hydrogen-bond donors (Lipinski definition) is 0. The van der Waals surface area contributed by atoms with Crippen LogP contribution in [0.15, 0.2) is 0 Å². The number of rotatable bonds is 9. The van der Waals surface area contributed by atoms with E-state index in [-0.39, 0.29) is 18.9 Å². The fraction of sp³-hybridized carbons (Fsp3) is 1.00. The van der Waals surface area contributed by atoms with E-state index in [1.54, 1.807) is 0 Å². The summed E-state index contributed by atoms with van der Waals surface area (Å²) in [7, 11) is -7.02.